The fourth-order valence-electron chi connectivity index (χ4n) is 3.62. The normalized spacial score (nSPS) is 17.4. The summed E-state index contributed by atoms with van der Waals surface area (Å²) in [4.78, 5) is 2.64. The second kappa shape index (κ2) is 7.28. The molecular formula is C22H39N. The van der Waals surface area contributed by atoms with Gasteiger partial charge >= 0.3 is 0 Å². The Morgan fingerprint density at radius 3 is 1.48 bits per heavy atom. The van der Waals surface area contributed by atoms with Gasteiger partial charge in [-0.25, -0.2) is 0 Å². The van der Waals surface area contributed by atoms with Crippen molar-refractivity contribution < 1.29 is 0 Å². The Morgan fingerprint density at radius 1 is 0.696 bits per heavy atom. The lowest BCUT2D eigenvalue weighted by atomic mass is 9.82. The van der Waals surface area contributed by atoms with Gasteiger partial charge in [-0.1, -0.05) is 74.5 Å². The molecule has 0 aromatic heterocycles. The summed E-state index contributed by atoms with van der Waals surface area (Å²) in [6, 6.07) is 0.468. The van der Waals surface area contributed by atoms with Gasteiger partial charge < -0.3 is 4.90 Å². The summed E-state index contributed by atoms with van der Waals surface area (Å²) in [5.41, 5.74) is 6.14. The predicted octanol–water partition coefficient (Wildman–Crippen LogP) is 6.79. The molecule has 0 N–H and O–H groups in total. The van der Waals surface area contributed by atoms with Crippen LogP contribution in [0.5, 0.6) is 0 Å². The summed E-state index contributed by atoms with van der Waals surface area (Å²) in [6.07, 6.45) is 4.79. The first-order chi connectivity index (χ1) is 10.4. The molecule has 1 nitrogen and oxygen atoms in total. The Morgan fingerprint density at radius 2 is 1.17 bits per heavy atom. The second-order valence-corrected chi connectivity index (χ2v) is 9.15. The van der Waals surface area contributed by atoms with Gasteiger partial charge in [0.25, 0.3) is 0 Å². The average Bonchev–Trinajstić information content (AvgIpc) is 2.54. The van der Waals surface area contributed by atoms with Crippen LogP contribution in [0.4, 0.5) is 0 Å². The molecule has 0 fully saturated rings. The number of rotatable bonds is 4. The molecule has 1 heteroatoms. The summed E-state index contributed by atoms with van der Waals surface area (Å²) in [5, 5.41) is 0. The Bertz CT molecular complexity index is 505. The van der Waals surface area contributed by atoms with E-state index in [-0.39, 0.29) is 5.41 Å². The fourth-order valence-corrected chi connectivity index (χ4v) is 3.62. The van der Waals surface area contributed by atoms with Crippen molar-refractivity contribution in [1.29, 1.82) is 0 Å². The van der Waals surface area contributed by atoms with E-state index in [2.05, 4.69) is 93.2 Å². The van der Waals surface area contributed by atoms with E-state index in [9.17, 15) is 0 Å². The van der Waals surface area contributed by atoms with E-state index in [0.717, 1.165) is 0 Å². The highest BCUT2D eigenvalue weighted by Crippen LogP contribution is 2.41. The highest BCUT2D eigenvalue weighted by molar-refractivity contribution is 5.43. The van der Waals surface area contributed by atoms with Crippen molar-refractivity contribution in [3.63, 3.8) is 0 Å². The number of allylic oxidation sites excluding steroid dienone is 6. The molecule has 1 rings (SSSR count). The lowest BCUT2D eigenvalue weighted by molar-refractivity contribution is 0.279. The SMILES string of the molecule is CC(C)C1=C(C(C)C)N(C(C)C)C(C(C)C)=C(C(C)(C)C)C=C1. The van der Waals surface area contributed by atoms with Crippen LogP contribution in [0.2, 0.25) is 0 Å². The lowest BCUT2D eigenvalue weighted by Gasteiger charge is -2.41. The molecule has 132 valence electrons. The third kappa shape index (κ3) is 4.31. The van der Waals surface area contributed by atoms with Crippen molar-refractivity contribution in [2.75, 3.05) is 0 Å². The molecule has 0 bridgehead atoms. The van der Waals surface area contributed by atoms with Gasteiger partial charge in [0.2, 0.25) is 0 Å². The fraction of sp³-hybridized carbons (Fsp3) is 0.727. The van der Waals surface area contributed by atoms with E-state index in [4.69, 9.17) is 0 Å². The van der Waals surface area contributed by atoms with E-state index in [1.54, 1.807) is 0 Å². The van der Waals surface area contributed by atoms with Crippen LogP contribution in [-0.4, -0.2) is 10.9 Å². The third-order valence-corrected chi connectivity index (χ3v) is 4.56. The van der Waals surface area contributed by atoms with Gasteiger partial charge in [-0.05, 0) is 48.2 Å². The van der Waals surface area contributed by atoms with E-state index >= 15 is 0 Å². The molecule has 1 aliphatic rings. The lowest BCUT2D eigenvalue weighted by Crippen LogP contribution is -2.36. The van der Waals surface area contributed by atoms with Gasteiger partial charge in [-0.3, -0.25) is 0 Å². The summed E-state index contributed by atoms with van der Waals surface area (Å²) in [7, 11) is 0. The molecule has 0 aromatic carbocycles. The molecule has 0 atom stereocenters. The first-order valence-corrected chi connectivity index (χ1v) is 9.35. The Hall–Kier alpha value is -0.980. The smallest absolute Gasteiger partial charge is 0.0279 e. The molecule has 0 aromatic rings. The molecule has 1 heterocycles. The Balaban J connectivity index is 3.80. The first kappa shape index (κ1) is 20.1. The van der Waals surface area contributed by atoms with Crippen LogP contribution in [0.25, 0.3) is 0 Å². The van der Waals surface area contributed by atoms with Gasteiger partial charge in [0.1, 0.15) is 0 Å². The van der Waals surface area contributed by atoms with Crippen molar-refractivity contribution in [2.24, 2.45) is 23.2 Å². The standard InChI is InChI=1S/C22H39N/c1-14(2)18-12-13-19(22(9,10)11)21(16(5)6)23(17(7)8)20(18)15(3)4/h12-17H,1-11H3. The molecule has 0 aliphatic carbocycles. The summed E-state index contributed by atoms with van der Waals surface area (Å²) >= 11 is 0. The van der Waals surface area contributed by atoms with E-state index in [0.29, 0.717) is 23.8 Å². The highest BCUT2D eigenvalue weighted by Gasteiger charge is 2.32. The molecule has 1 aliphatic heterocycles. The van der Waals surface area contributed by atoms with Crippen molar-refractivity contribution in [2.45, 2.75) is 82.2 Å². The average molecular weight is 318 g/mol. The Labute approximate surface area is 145 Å². The predicted molar refractivity (Wildman–Crippen MR) is 104 cm³/mol. The van der Waals surface area contributed by atoms with Gasteiger partial charge in [0, 0.05) is 17.4 Å². The maximum atomic E-state index is 2.64. The van der Waals surface area contributed by atoms with Gasteiger partial charge in [-0.15, -0.1) is 0 Å². The molecule has 0 spiro atoms. The van der Waals surface area contributed by atoms with E-state index in [1.807, 2.05) is 0 Å². The number of hydrogen-bond acceptors (Lipinski definition) is 1. The zero-order chi connectivity index (χ0) is 18.1. The molecule has 0 saturated carbocycles. The monoisotopic (exact) mass is 317 g/mol. The minimum absolute atomic E-state index is 0.151. The summed E-state index contributed by atoms with van der Waals surface area (Å²) in [6.45, 7) is 25.6. The highest BCUT2D eigenvalue weighted by atomic mass is 15.2. The quantitative estimate of drug-likeness (QED) is 0.552. The van der Waals surface area contributed by atoms with Crippen LogP contribution >= 0.6 is 0 Å². The van der Waals surface area contributed by atoms with Crippen LogP contribution in [0.15, 0.2) is 34.7 Å². The van der Waals surface area contributed by atoms with Crippen LogP contribution in [0.1, 0.15) is 76.2 Å². The molecule has 0 unspecified atom stereocenters. The molecule has 0 amide bonds. The van der Waals surface area contributed by atoms with Crippen molar-refractivity contribution in [1.82, 2.24) is 4.90 Å². The van der Waals surface area contributed by atoms with Crippen LogP contribution < -0.4 is 0 Å². The van der Waals surface area contributed by atoms with Crippen LogP contribution in [0.3, 0.4) is 0 Å². The van der Waals surface area contributed by atoms with Crippen molar-refractivity contribution in [3.05, 3.63) is 34.7 Å². The molecular weight excluding hydrogens is 278 g/mol. The van der Waals surface area contributed by atoms with Crippen molar-refractivity contribution >= 4 is 0 Å². The summed E-state index contributed by atoms with van der Waals surface area (Å²) < 4.78 is 0. The minimum Gasteiger partial charge on any atom is -0.345 e. The Kier molecular flexibility index (Phi) is 6.35. The van der Waals surface area contributed by atoms with E-state index in [1.165, 1.54) is 22.5 Å². The van der Waals surface area contributed by atoms with E-state index < -0.39 is 0 Å². The van der Waals surface area contributed by atoms with Gasteiger partial charge in [-0.2, -0.15) is 0 Å². The summed E-state index contributed by atoms with van der Waals surface area (Å²) in [5.74, 6) is 1.57. The largest absolute Gasteiger partial charge is 0.345 e. The number of hydrogen-bond donors (Lipinski definition) is 0. The van der Waals surface area contributed by atoms with Crippen LogP contribution in [0, 0.1) is 23.2 Å². The molecule has 23 heavy (non-hydrogen) atoms. The first-order valence-electron chi connectivity index (χ1n) is 9.35. The third-order valence-electron chi connectivity index (χ3n) is 4.56. The van der Waals surface area contributed by atoms with Gasteiger partial charge in [0.15, 0.2) is 0 Å². The zero-order valence-corrected chi connectivity index (χ0v) is 17.4. The van der Waals surface area contributed by atoms with Gasteiger partial charge in [0.05, 0.1) is 0 Å². The van der Waals surface area contributed by atoms with Crippen LogP contribution in [-0.2, 0) is 0 Å². The maximum absolute atomic E-state index is 2.64. The minimum atomic E-state index is 0.151. The molecule has 0 saturated heterocycles. The maximum Gasteiger partial charge on any atom is 0.0279 e. The number of nitrogens with zero attached hydrogens (tertiary/aromatic N) is 1. The van der Waals surface area contributed by atoms with Crippen molar-refractivity contribution in [3.8, 4) is 0 Å². The zero-order valence-electron chi connectivity index (χ0n) is 17.4. The second-order valence-electron chi connectivity index (χ2n) is 9.15. The molecule has 0 radical (unpaired) electrons. The topological polar surface area (TPSA) is 3.24 Å².